The molecular formula is C13H12BrClN2O3. The highest BCUT2D eigenvalue weighted by Crippen LogP contribution is 2.32. The van der Waals surface area contributed by atoms with Gasteiger partial charge >= 0.3 is 6.03 Å². The van der Waals surface area contributed by atoms with E-state index in [1.807, 2.05) is 6.92 Å². The summed E-state index contributed by atoms with van der Waals surface area (Å²) >= 11 is 9.31. The lowest BCUT2D eigenvalue weighted by molar-refractivity contribution is -0.134. The van der Waals surface area contributed by atoms with E-state index < -0.39 is 23.8 Å². The van der Waals surface area contributed by atoms with E-state index in [0.29, 0.717) is 17.3 Å². The predicted molar refractivity (Wildman–Crippen MR) is 78.6 cm³/mol. The molecule has 1 aliphatic rings. The molecule has 4 amide bonds. The van der Waals surface area contributed by atoms with Crippen LogP contribution >= 0.6 is 27.5 Å². The number of benzene rings is 1. The van der Waals surface area contributed by atoms with E-state index in [1.54, 1.807) is 18.2 Å². The van der Waals surface area contributed by atoms with Gasteiger partial charge in [-0.3, -0.25) is 14.9 Å². The lowest BCUT2D eigenvalue weighted by Crippen LogP contribution is -2.58. The number of nitrogens with zero attached hydrogens (tertiary/aromatic N) is 1. The third kappa shape index (κ3) is 2.71. The largest absolute Gasteiger partial charge is 0.335 e. The molecule has 1 aromatic rings. The van der Waals surface area contributed by atoms with Crippen LogP contribution in [0.1, 0.15) is 19.8 Å². The number of hydrogen-bond acceptors (Lipinski definition) is 3. The second kappa shape index (κ2) is 5.93. The van der Waals surface area contributed by atoms with Crippen molar-refractivity contribution < 1.29 is 14.4 Å². The topological polar surface area (TPSA) is 66.5 Å². The van der Waals surface area contributed by atoms with Gasteiger partial charge < -0.3 is 0 Å². The van der Waals surface area contributed by atoms with E-state index in [1.165, 1.54) is 0 Å². The van der Waals surface area contributed by atoms with Gasteiger partial charge in [0.2, 0.25) is 11.8 Å². The molecule has 1 fully saturated rings. The van der Waals surface area contributed by atoms with Gasteiger partial charge in [-0.1, -0.05) is 40.9 Å². The van der Waals surface area contributed by atoms with E-state index in [-0.39, 0.29) is 10.7 Å². The highest BCUT2D eigenvalue weighted by Gasteiger charge is 2.41. The van der Waals surface area contributed by atoms with Gasteiger partial charge in [0.15, 0.2) is 0 Å². The Labute approximate surface area is 129 Å². The molecule has 20 heavy (non-hydrogen) atoms. The summed E-state index contributed by atoms with van der Waals surface area (Å²) in [6.45, 7) is 1.87. The Morgan fingerprint density at radius 3 is 2.70 bits per heavy atom. The predicted octanol–water partition coefficient (Wildman–Crippen LogP) is 3.10. The minimum absolute atomic E-state index is 0.261. The lowest BCUT2D eigenvalue weighted by Gasteiger charge is -2.30. The molecule has 0 radical (unpaired) electrons. The van der Waals surface area contributed by atoms with Gasteiger partial charge in [-0.15, -0.1) is 0 Å². The van der Waals surface area contributed by atoms with Crippen LogP contribution in [0.25, 0.3) is 0 Å². The van der Waals surface area contributed by atoms with Crippen LogP contribution in [0, 0.1) is 5.92 Å². The quantitative estimate of drug-likeness (QED) is 0.843. The molecule has 0 aromatic heterocycles. The molecule has 2 rings (SSSR count). The van der Waals surface area contributed by atoms with Crippen molar-refractivity contribution in [3.63, 3.8) is 0 Å². The molecule has 1 heterocycles. The van der Waals surface area contributed by atoms with Crippen LogP contribution in [0.4, 0.5) is 10.5 Å². The molecule has 1 atom stereocenters. The van der Waals surface area contributed by atoms with Crippen molar-refractivity contribution in [1.29, 1.82) is 0 Å². The van der Waals surface area contributed by atoms with Crippen LogP contribution in [0.15, 0.2) is 22.7 Å². The fourth-order valence-corrected chi connectivity index (χ4v) is 2.60. The zero-order valence-electron chi connectivity index (χ0n) is 10.7. The van der Waals surface area contributed by atoms with E-state index in [9.17, 15) is 14.4 Å². The molecule has 1 aliphatic heterocycles. The fraction of sp³-hybridized carbons (Fsp3) is 0.308. The first-order chi connectivity index (χ1) is 9.45. The number of halogens is 2. The molecule has 106 valence electrons. The average Bonchev–Trinajstić information content (AvgIpc) is 2.38. The van der Waals surface area contributed by atoms with Crippen molar-refractivity contribution in [2.24, 2.45) is 5.92 Å². The molecular weight excluding hydrogens is 348 g/mol. The first kappa shape index (κ1) is 15.0. The van der Waals surface area contributed by atoms with Crippen molar-refractivity contribution in [2.75, 3.05) is 4.90 Å². The van der Waals surface area contributed by atoms with Gasteiger partial charge in [0.1, 0.15) is 5.92 Å². The summed E-state index contributed by atoms with van der Waals surface area (Å²) in [6, 6.07) is 4.07. The highest BCUT2D eigenvalue weighted by atomic mass is 79.9. The van der Waals surface area contributed by atoms with Crippen molar-refractivity contribution in [3.8, 4) is 0 Å². The first-order valence-corrected chi connectivity index (χ1v) is 7.26. The third-order valence-corrected chi connectivity index (χ3v) is 3.81. The Hall–Kier alpha value is -1.40. The monoisotopic (exact) mass is 358 g/mol. The summed E-state index contributed by atoms with van der Waals surface area (Å²) in [5.74, 6) is -1.95. The number of urea groups is 1. The number of hydrogen-bond donors (Lipinski definition) is 1. The Morgan fingerprint density at radius 1 is 1.35 bits per heavy atom. The summed E-state index contributed by atoms with van der Waals surface area (Å²) in [5, 5.41) is 2.46. The molecule has 0 bridgehead atoms. The third-order valence-electron chi connectivity index (χ3n) is 2.99. The van der Waals surface area contributed by atoms with Crippen molar-refractivity contribution in [1.82, 2.24) is 5.32 Å². The van der Waals surface area contributed by atoms with Gasteiger partial charge in [-0.2, -0.15) is 0 Å². The maximum Gasteiger partial charge on any atom is 0.335 e. The average molecular weight is 360 g/mol. The zero-order valence-corrected chi connectivity index (χ0v) is 13.0. The van der Waals surface area contributed by atoms with Gasteiger partial charge in [0.05, 0.1) is 10.7 Å². The normalized spacial score (nSPS) is 19.2. The Kier molecular flexibility index (Phi) is 4.45. The molecule has 0 aliphatic carbocycles. The van der Waals surface area contributed by atoms with Gasteiger partial charge in [-0.05, 0) is 24.6 Å². The minimum Gasteiger partial charge on any atom is -0.277 e. The first-order valence-electron chi connectivity index (χ1n) is 6.09. The van der Waals surface area contributed by atoms with Crippen LogP contribution in [0.3, 0.4) is 0 Å². The number of anilines is 1. The molecule has 1 N–H and O–H groups in total. The Balaban J connectivity index is 2.43. The molecule has 1 unspecified atom stereocenters. The molecule has 1 aromatic carbocycles. The van der Waals surface area contributed by atoms with Crippen LogP contribution in [-0.2, 0) is 9.59 Å². The number of carbonyl (C=O) groups excluding carboxylic acids is 3. The zero-order chi connectivity index (χ0) is 14.9. The molecule has 1 saturated heterocycles. The minimum atomic E-state index is -0.854. The van der Waals surface area contributed by atoms with Gasteiger partial charge in [-0.25, -0.2) is 9.69 Å². The van der Waals surface area contributed by atoms with E-state index in [4.69, 9.17) is 11.6 Å². The number of barbiturate groups is 1. The lowest BCUT2D eigenvalue weighted by atomic mass is 9.99. The Bertz CT molecular complexity index is 591. The summed E-state index contributed by atoms with van der Waals surface area (Å²) in [7, 11) is 0. The summed E-state index contributed by atoms with van der Waals surface area (Å²) in [5.41, 5.74) is 0.261. The van der Waals surface area contributed by atoms with E-state index >= 15 is 0 Å². The van der Waals surface area contributed by atoms with Crippen molar-refractivity contribution in [2.45, 2.75) is 19.8 Å². The van der Waals surface area contributed by atoms with Crippen LogP contribution < -0.4 is 10.2 Å². The number of imide groups is 2. The smallest absolute Gasteiger partial charge is 0.277 e. The van der Waals surface area contributed by atoms with Crippen molar-refractivity contribution >= 4 is 51.1 Å². The summed E-state index contributed by atoms with van der Waals surface area (Å²) in [4.78, 5) is 36.9. The molecule has 0 spiro atoms. The number of nitrogens with one attached hydrogen (secondary N) is 1. The fourth-order valence-electron chi connectivity index (χ4n) is 2.05. The van der Waals surface area contributed by atoms with E-state index in [2.05, 4.69) is 21.2 Å². The van der Waals surface area contributed by atoms with Crippen molar-refractivity contribution in [3.05, 3.63) is 27.7 Å². The second-order valence-corrected chi connectivity index (χ2v) is 5.73. The molecule has 5 nitrogen and oxygen atoms in total. The maximum atomic E-state index is 12.4. The standard InChI is InChI=1S/C13H12BrClN2O3/c1-2-3-8-11(18)16-13(20)17(12(8)19)10-6-7(14)4-5-9(10)15/h4-6,8H,2-3H2,1H3,(H,16,18,20). The van der Waals surface area contributed by atoms with Crippen LogP contribution in [0.5, 0.6) is 0 Å². The summed E-state index contributed by atoms with van der Waals surface area (Å²) in [6.07, 6.45) is 1.05. The van der Waals surface area contributed by atoms with Crippen LogP contribution in [0.2, 0.25) is 5.02 Å². The van der Waals surface area contributed by atoms with Gasteiger partial charge in [0.25, 0.3) is 0 Å². The molecule has 0 saturated carbocycles. The SMILES string of the molecule is CCCC1C(=O)NC(=O)N(c2cc(Br)ccc2Cl)C1=O. The number of amides is 4. The van der Waals surface area contributed by atoms with E-state index in [0.717, 1.165) is 4.90 Å². The number of carbonyl (C=O) groups is 3. The van der Waals surface area contributed by atoms with Gasteiger partial charge in [0, 0.05) is 4.47 Å². The Morgan fingerprint density at radius 2 is 2.05 bits per heavy atom. The summed E-state index contributed by atoms with van der Waals surface area (Å²) < 4.78 is 0.682. The maximum absolute atomic E-state index is 12.4. The second-order valence-electron chi connectivity index (χ2n) is 4.41. The highest BCUT2D eigenvalue weighted by molar-refractivity contribution is 9.10. The molecule has 7 heteroatoms. The number of rotatable bonds is 3. The van der Waals surface area contributed by atoms with Crippen LogP contribution in [-0.4, -0.2) is 17.8 Å².